The van der Waals surface area contributed by atoms with E-state index in [0.717, 1.165) is 25.7 Å². The molecule has 0 spiro atoms. The van der Waals surface area contributed by atoms with Crippen LogP contribution >= 0.6 is 0 Å². The van der Waals surface area contributed by atoms with Crippen molar-refractivity contribution in [1.29, 1.82) is 0 Å². The predicted octanol–water partition coefficient (Wildman–Crippen LogP) is 1.31. The van der Waals surface area contributed by atoms with Crippen LogP contribution in [0.3, 0.4) is 0 Å². The van der Waals surface area contributed by atoms with Gasteiger partial charge in [0.2, 0.25) is 0 Å². The van der Waals surface area contributed by atoms with Crippen molar-refractivity contribution in [2.24, 2.45) is 0 Å². The Balaban J connectivity index is 1.75. The van der Waals surface area contributed by atoms with E-state index in [1.165, 1.54) is 0 Å². The van der Waals surface area contributed by atoms with Gasteiger partial charge in [0.15, 0.2) is 12.6 Å². The van der Waals surface area contributed by atoms with E-state index in [-0.39, 0.29) is 24.8 Å². The number of hydrogen-bond donors (Lipinski definition) is 0. The summed E-state index contributed by atoms with van der Waals surface area (Å²) in [4.78, 5) is 0. The van der Waals surface area contributed by atoms with Crippen LogP contribution in [-0.4, -0.2) is 52.2 Å². The van der Waals surface area contributed by atoms with Crippen molar-refractivity contribution in [2.75, 3.05) is 27.4 Å². The quantitative estimate of drug-likeness (QED) is 0.748. The Morgan fingerprint density at radius 2 is 1.29 bits per heavy atom. The highest BCUT2D eigenvalue weighted by Crippen LogP contribution is 2.23. The highest BCUT2D eigenvalue weighted by molar-refractivity contribution is 4.70. The zero-order valence-corrected chi connectivity index (χ0v) is 10.6. The van der Waals surface area contributed by atoms with E-state index in [2.05, 4.69) is 0 Å². The highest BCUT2D eigenvalue weighted by atomic mass is 16.8. The molecule has 2 rings (SSSR count). The van der Waals surface area contributed by atoms with Crippen LogP contribution in [0.15, 0.2) is 0 Å². The Labute approximate surface area is 102 Å². The fourth-order valence-corrected chi connectivity index (χ4v) is 2.25. The third-order valence-corrected chi connectivity index (χ3v) is 3.37. The molecule has 0 aromatic rings. The maximum atomic E-state index is 5.79. The number of methoxy groups -OCH3 is 2. The summed E-state index contributed by atoms with van der Waals surface area (Å²) in [6.07, 6.45) is 3.45. The zero-order chi connectivity index (χ0) is 12.1. The first-order valence-corrected chi connectivity index (χ1v) is 6.26. The van der Waals surface area contributed by atoms with E-state index >= 15 is 0 Å². The van der Waals surface area contributed by atoms with Gasteiger partial charge < -0.3 is 23.7 Å². The molecule has 2 fully saturated rings. The molecule has 0 saturated carbocycles. The molecule has 100 valence electrons. The summed E-state index contributed by atoms with van der Waals surface area (Å²) in [7, 11) is 3.45. The number of hydrogen-bond acceptors (Lipinski definition) is 5. The summed E-state index contributed by atoms with van der Waals surface area (Å²) in [5, 5.41) is 0. The Morgan fingerprint density at radius 3 is 1.71 bits per heavy atom. The van der Waals surface area contributed by atoms with Crippen molar-refractivity contribution in [3.8, 4) is 0 Å². The van der Waals surface area contributed by atoms with E-state index in [9.17, 15) is 0 Å². The van der Waals surface area contributed by atoms with E-state index in [1.807, 2.05) is 0 Å². The van der Waals surface area contributed by atoms with Gasteiger partial charge in [0.05, 0.1) is 25.4 Å². The van der Waals surface area contributed by atoms with E-state index < -0.39 is 0 Å². The highest BCUT2D eigenvalue weighted by Gasteiger charge is 2.29. The van der Waals surface area contributed by atoms with Gasteiger partial charge in [-0.2, -0.15) is 0 Å². The minimum atomic E-state index is -0.214. The molecule has 17 heavy (non-hydrogen) atoms. The summed E-state index contributed by atoms with van der Waals surface area (Å²) in [5.41, 5.74) is 0. The van der Waals surface area contributed by atoms with Crippen LogP contribution in [0.2, 0.25) is 0 Å². The van der Waals surface area contributed by atoms with Crippen LogP contribution in [0, 0.1) is 0 Å². The fraction of sp³-hybridized carbons (Fsp3) is 1.00. The molecule has 0 bridgehead atoms. The summed E-state index contributed by atoms with van der Waals surface area (Å²) in [6, 6.07) is 0. The molecule has 0 aliphatic carbocycles. The molecular weight excluding hydrogens is 224 g/mol. The predicted molar refractivity (Wildman–Crippen MR) is 60.6 cm³/mol. The smallest absolute Gasteiger partial charge is 0.163 e. The first-order chi connectivity index (χ1) is 8.31. The lowest BCUT2D eigenvalue weighted by atomic mass is 10.1. The Bertz CT molecular complexity index is 201. The van der Waals surface area contributed by atoms with E-state index in [0.29, 0.717) is 13.2 Å². The molecule has 4 atom stereocenters. The summed E-state index contributed by atoms with van der Waals surface area (Å²) in [5.74, 6) is 0. The molecule has 0 aromatic carbocycles. The lowest BCUT2D eigenvalue weighted by molar-refractivity contribution is -0.283. The topological polar surface area (TPSA) is 46.2 Å². The molecule has 0 amide bonds. The molecule has 0 aromatic heterocycles. The average Bonchev–Trinajstić information content (AvgIpc) is 2.39. The Kier molecular flexibility index (Phi) is 5.18. The molecule has 5 nitrogen and oxygen atoms in total. The molecule has 0 N–H and O–H groups in total. The Hall–Kier alpha value is -0.200. The lowest BCUT2D eigenvalue weighted by Crippen LogP contribution is -2.39. The molecule has 2 aliphatic rings. The van der Waals surface area contributed by atoms with Crippen molar-refractivity contribution in [3.63, 3.8) is 0 Å². The van der Waals surface area contributed by atoms with Crippen molar-refractivity contribution < 1.29 is 23.7 Å². The van der Waals surface area contributed by atoms with Crippen LogP contribution in [0.4, 0.5) is 0 Å². The average molecular weight is 246 g/mol. The van der Waals surface area contributed by atoms with Gasteiger partial charge >= 0.3 is 0 Å². The standard InChI is InChI=1S/C12H22O5/c1-13-9-3-5-15-11(7-9)17-12-8-10(14-2)4-6-16-12/h9-12H,3-8H2,1-2H3. The molecular formula is C12H22O5. The van der Waals surface area contributed by atoms with Gasteiger partial charge in [0.25, 0.3) is 0 Å². The maximum Gasteiger partial charge on any atom is 0.163 e. The van der Waals surface area contributed by atoms with Crippen molar-refractivity contribution >= 4 is 0 Å². The minimum Gasteiger partial charge on any atom is -0.381 e. The van der Waals surface area contributed by atoms with Gasteiger partial charge in [-0.1, -0.05) is 0 Å². The monoisotopic (exact) mass is 246 g/mol. The zero-order valence-electron chi connectivity index (χ0n) is 10.6. The SMILES string of the molecule is COC1CCOC(OC2CC(OC)CCO2)C1. The van der Waals surface area contributed by atoms with Crippen LogP contribution in [0.5, 0.6) is 0 Å². The van der Waals surface area contributed by atoms with Gasteiger partial charge in [0, 0.05) is 27.1 Å². The fourth-order valence-electron chi connectivity index (χ4n) is 2.25. The van der Waals surface area contributed by atoms with Crippen LogP contribution in [-0.2, 0) is 23.7 Å². The van der Waals surface area contributed by atoms with E-state index in [4.69, 9.17) is 23.7 Å². The summed E-state index contributed by atoms with van der Waals surface area (Å²) >= 11 is 0. The molecule has 2 aliphatic heterocycles. The second kappa shape index (κ2) is 6.66. The van der Waals surface area contributed by atoms with Gasteiger partial charge in [-0.25, -0.2) is 0 Å². The number of ether oxygens (including phenoxy) is 5. The van der Waals surface area contributed by atoms with Gasteiger partial charge in [-0.3, -0.25) is 0 Å². The summed E-state index contributed by atoms with van der Waals surface area (Å²) in [6.45, 7) is 1.37. The molecule has 2 saturated heterocycles. The van der Waals surface area contributed by atoms with Crippen LogP contribution < -0.4 is 0 Å². The Morgan fingerprint density at radius 1 is 0.824 bits per heavy atom. The second-order valence-electron chi connectivity index (χ2n) is 4.50. The van der Waals surface area contributed by atoms with Gasteiger partial charge in [-0.15, -0.1) is 0 Å². The number of rotatable bonds is 4. The first-order valence-electron chi connectivity index (χ1n) is 6.26. The molecule has 5 heteroatoms. The minimum absolute atomic E-state index is 0.214. The molecule has 0 radical (unpaired) electrons. The van der Waals surface area contributed by atoms with Crippen LogP contribution in [0.25, 0.3) is 0 Å². The third-order valence-electron chi connectivity index (χ3n) is 3.37. The second-order valence-corrected chi connectivity index (χ2v) is 4.50. The molecule has 4 unspecified atom stereocenters. The largest absolute Gasteiger partial charge is 0.381 e. The maximum absolute atomic E-state index is 5.79. The van der Waals surface area contributed by atoms with Gasteiger partial charge in [-0.05, 0) is 12.8 Å². The van der Waals surface area contributed by atoms with Crippen molar-refractivity contribution in [3.05, 3.63) is 0 Å². The lowest BCUT2D eigenvalue weighted by Gasteiger charge is -2.34. The van der Waals surface area contributed by atoms with Gasteiger partial charge in [0.1, 0.15) is 0 Å². The van der Waals surface area contributed by atoms with Crippen molar-refractivity contribution in [1.82, 2.24) is 0 Å². The van der Waals surface area contributed by atoms with Crippen molar-refractivity contribution in [2.45, 2.75) is 50.5 Å². The van der Waals surface area contributed by atoms with E-state index in [1.54, 1.807) is 14.2 Å². The first kappa shape index (κ1) is 13.2. The third kappa shape index (κ3) is 3.89. The molecule has 2 heterocycles. The normalized spacial score (nSPS) is 39.2. The van der Waals surface area contributed by atoms with Crippen LogP contribution in [0.1, 0.15) is 25.7 Å². The summed E-state index contributed by atoms with van der Waals surface area (Å²) < 4.78 is 27.6.